The smallest absolute Gasteiger partial charge is 0.306 e. The van der Waals surface area contributed by atoms with E-state index in [2.05, 4.69) is 31.2 Å². The molecule has 2 nitrogen and oxygen atoms in total. The quantitative estimate of drug-likeness (QED) is 0.276. The molecule has 22 heavy (non-hydrogen) atoms. The number of aliphatic carboxylic acids is 1. The molecule has 128 valence electrons. The van der Waals surface area contributed by atoms with Gasteiger partial charge in [-0.1, -0.05) is 70.3 Å². The van der Waals surface area contributed by atoms with Gasteiger partial charge < -0.3 is 5.11 Å². The summed E-state index contributed by atoms with van der Waals surface area (Å²) in [5, 5.41) is 8.96. The standard InChI is InChI=1S/C20H36O2/c1-3-5-6-7-8-9-10-11-12-13-14-15-16-17-18-19(4-2)20(21)22/h8-9,11-12,19H,3-7,10,13-18H2,1-2H3,(H,21,22). The van der Waals surface area contributed by atoms with Crippen LogP contribution in [0.1, 0.15) is 90.9 Å². The fraction of sp³-hybridized carbons (Fsp3) is 0.750. The molecule has 0 bridgehead atoms. The molecule has 0 amide bonds. The van der Waals surface area contributed by atoms with Crippen LogP contribution in [-0.2, 0) is 4.79 Å². The van der Waals surface area contributed by atoms with Crippen LogP contribution in [0.15, 0.2) is 24.3 Å². The van der Waals surface area contributed by atoms with Crippen molar-refractivity contribution in [1.29, 1.82) is 0 Å². The zero-order valence-electron chi connectivity index (χ0n) is 14.7. The Kier molecular flexibility index (Phi) is 15.5. The second kappa shape index (κ2) is 16.3. The fourth-order valence-corrected chi connectivity index (χ4v) is 2.53. The van der Waals surface area contributed by atoms with Crippen LogP contribution in [0, 0.1) is 5.92 Å². The van der Waals surface area contributed by atoms with Gasteiger partial charge in [0, 0.05) is 0 Å². The Bertz CT molecular complexity index is 305. The van der Waals surface area contributed by atoms with Gasteiger partial charge in [0.15, 0.2) is 0 Å². The normalized spacial score (nSPS) is 13.2. The summed E-state index contributed by atoms with van der Waals surface area (Å²) < 4.78 is 0. The Morgan fingerprint density at radius 1 is 0.864 bits per heavy atom. The lowest BCUT2D eigenvalue weighted by atomic mass is 9.98. The van der Waals surface area contributed by atoms with Gasteiger partial charge in [0.2, 0.25) is 0 Å². The number of rotatable bonds is 15. The Balaban J connectivity index is 3.35. The molecule has 0 aliphatic heterocycles. The maximum Gasteiger partial charge on any atom is 0.306 e. The molecule has 0 fully saturated rings. The summed E-state index contributed by atoms with van der Waals surface area (Å²) in [5.41, 5.74) is 0. The van der Waals surface area contributed by atoms with Crippen molar-refractivity contribution in [2.24, 2.45) is 5.92 Å². The summed E-state index contributed by atoms with van der Waals surface area (Å²) in [4.78, 5) is 10.9. The van der Waals surface area contributed by atoms with Crippen LogP contribution in [0.25, 0.3) is 0 Å². The van der Waals surface area contributed by atoms with Crippen LogP contribution in [0.3, 0.4) is 0 Å². The lowest BCUT2D eigenvalue weighted by Gasteiger charge is -2.08. The fourth-order valence-electron chi connectivity index (χ4n) is 2.53. The van der Waals surface area contributed by atoms with E-state index in [0.717, 1.165) is 38.5 Å². The Hall–Kier alpha value is -1.05. The Morgan fingerprint density at radius 3 is 2.00 bits per heavy atom. The molecule has 0 spiro atoms. The third kappa shape index (κ3) is 13.9. The molecule has 0 aromatic rings. The van der Waals surface area contributed by atoms with Gasteiger partial charge >= 0.3 is 5.97 Å². The first kappa shape index (κ1) is 20.9. The lowest BCUT2D eigenvalue weighted by Crippen LogP contribution is -2.12. The molecule has 0 saturated heterocycles. The van der Waals surface area contributed by atoms with E-state index in [0.29, 0.717) is 0 Å². The van der Waals surface area contributed by atoms with Crippen molar-refractivity contribution < 1.29 is 9.90 Å². The molecular formula is C20H36O2. The molecule has 0 rings (SSSR count). The maximum atomic E-state index is 10.9. The van der Waals surface area contributed by atoms with Gasteiger partial charge in [-0.3, -0.25) is 4.79 Å². The molecule has 0 heterocycles. The van der Waals surface area contributed by atoms with Gasteiger partial charge in [0.05, 0.1) is 5.92 Å². The van der Waals surface area contributed by atoms with Crippen LogP contribution < -0.4 is 0 Å². The minimum atomic E-state index is -0.631. The van der Waals surface area contributed by atoms with Gasteiger partial charge in [-0.05, 0) is 44.9 Å². The number of hydrogen-bond acceptors (Lipinski definition) is 1. The summed E-state index contributed by atoms with van der Waals surface area (Å²) in [6.45, 7) is 4.20. The maximum absolute atomic E-state index is 10.9. The zero-order chi connectivity index (χ0) is 16.5. The van der Waals surface area contributed by atoms with E-state index in [-0.39, 0.29) is 5.92 Å². The van der Waals surface area contributed by atoms with E-state index < -0.39 is 5.97 Å². The van der Waals surface area contributed by atoms with Gasteiger partial charge in [-0.15, -0.1) is 0 Å². The molecule has 0 aromatic heterocycles. The highest BCUT2D eigenvalue weighted by atomic mass is 16.4. The SMILES string of the molecule is CCCCCC=CCC=CCCCCCCC(CC)C(=O)O. The molecular weight excluding hydrogens is 272 g/mol. The summed E-state index contributed by atoms with van der Waals surface area (Å²) in [6, 6.07) is 0. The molecule has 2 heteroatoms. The molecule has 0 aliphatic rings. The molecule has 0 aromatic carbocycles. The molecule has 1 unspecified atom stereocenters. The minimum Gasteiger partial charge on any atom is -0.481 e. The predicted octanol–water partition coefficient (Wildman–Crippen LogP) is 6.52. The van der Waals surface area contributed by atoms with Gasteiger partial charge in [-0.25, -0.2) is 0 Å². The van der Waals surface area contributed by atoms with Crippen LogP contribution >= 0.6 is 0 Å². The molecule has 0 saturated carbocycles. The van der Waals surface area contributed by atoms with Gasteiger partial charge in [-0.2, -0.15) is 0 Å². The van der Waals surface area contributed by atoms with E-state index in [9.17, 15) is 4.79 Å². The van der Waals surface area contributed by atoms with Crippen molar-refractivity contribution in [3.63, 3.8) is 0 Å². The number of carbonyl (C=O) groups is 1. The van der Waals surface area contributed by atoms with E-state index >= 15 is 0 Å². The molecule has 0 radical (unpaired) electrons. The first-order valence-electron chi connectivity index (χ1n) is 9.25. The van der Waals surface area contributed by atoms with Crippen LogP contribution in [0.5, 0.6) is 0 Å². The van der Waals surface area contributed by atoms with E-state index in [1.807, 2.05) is 6.92 Å². The zero-order valence-corrected chi connectivity index (χ0v) is 14.7. The lowest BCUT2D eigenvalue weighted by molar-refractivity contribution is -0.142. The van der Waals surface area contributed by atoms with Crippen LogP contribution in [-0.4, -0.2) is 11.1 Å². The first-order valence-corrected chi connectivity index (χ1v) is 9.25. The highest BCUT2D eigenvalue weighted by molar-refractivity contribution is 5.69. The third-order valence-electron chi connectivity index (χ3n) is 4.10. The summed E-state index contributed by atoms with van der Waals surface area (Å²) >= 11 is 0. The summed E-state index contributed by atoms with van der Waals surface area (Å²) in [5.74, 6) is -0.766. The number of carboxylic acid groups (broad SMARTS) is 1. The largest absolute Gasteiger partial charge is 0.481 e. The van der Waals surface area contributed by atoms with Crippen molar-refractivity contribution in [2.75, 3.05) is 0 Å². The predicted molar refractivity (Wildman–Crippen MR) is 96.2 cm³/mol. The van der Waals surface area contributed by atoms with Crippen molar-refractivity contribution in [1.82, 2.24) is 0 Å². The Morgan fingerprint density at radius 2 is 1.45 bits per heavy atom. The average molecular weight is 309 g/mol. The highest BCUT2D eigenvalue weighted by Gasteiger charge is 2.13. The first-order chi connectivity index (χ1) is 10.7. The Labute approximate surface area is 137 Å². The highest BCUT2D eigenvalue weighted by Crippen LogP contribution is 2.15. The van der Waals surface area contributed by atoms with Crippen molar-refractivity contribution in [3.8, 4) is 0 Å². The topological polar surface area (TPSA) is 37.3 Å². The second-order valence-corrected chi connectivity index (χ2v) is 6.11. The third-order valence-corrected chi connectivity index (χ3v) is 4.10. The van der Waals surface area contributed by atoms with Crippen LogP contribution in [0.4, 0.5) is 0 Å². The van der Waals surface area contributed by atoms with Crippen LogP contribution in [0.2, 0.25) is 0 Å². The molecule has 0 aliphatic carbocycles. The van der Waals surface area contributed by atoms with E-state index in [1.54, 1.807) is 0 Å². The van der Waals surface area contributed by atoms with Crippen molar-refractivity contribution in [3.05, 3.63) is 24.3 Å². The van der Waals surface area contributed by atoms with Crippen molar-refractivity contribution >= 4 is 5.97 Å². The second-order valence-electron chi connectivity index (χ2n) is 6.11. The summed E-state index contributed by atoms with van der Waals surface area (Å²) in [7, 11) is 0. The average Bonchev–Trinajstić information content (AvgIpc) is 2.51. The molecule has 1 N–H and O–H groups in total. The van der Waals surface area contributed by atoms with Gasteiger partial charge in [0.25, 0.3) is 0 Å². The van der Waals surface area contributed by atoms with E-state index in [1.165, 1.54) is 38.5 Å². The minimum absolute atomic E-state index is 0.135. The number of unbranched alkanes of at least 4 members (excludes halogenated alkanes) is 7. The van der Waals surface area contributed by atoms with Crippen molar-refractivity contribution in [2.45, 2.75) is 90.9 Å². The number of allylic oxidation sites excluding steroid dienone is 4. The number of carboxylic acids is 1. The monoisotopic (exact) mass is 308 g/mol. The van der Waals surface area contributed by atoms with E-state index in [4.69, 9.17) is 5.11 Å². The summed E-state index contributed by atoms with van der Waals surface area (Å²) in [6.07, 6.45) is 22.7. The molecule has 1 atom stereocenters. The number of hydrogen-bond donors (Lipinski definition) is 1. The van der Waals surface area contributed by atoms with Gasteiger partial charge in [0.1, 0.15) is 0 Å².